The standard InChI is InChI=1S/C25H34O9/c1-24(2)28-14-18(32-24)20-21(22-23(31-20)34-25(3,4)33-22)30-19-11-10-16(26)17(29-19)13-27-12-15-8-6-5-7-9-15/h5-11,16-23,26H,12-14H2,1-4H3/t16-,17+,18?,19+,20+,21-,22+,23+/m0/s1. The minimum atomic E-state index is -0.795. The third kappa shape index (κ3) is 5.38. The van der Waals surface area contributed by atoms with Crippen LogP contribution < -0.4 is 0 Å². The molecule has 4 aliphatic heterocycles. The molecular weight excluding hydrogens is 444 g/mol. The number of fused-ring (bicyclic) bond motifs is 1. The molecule has 0 aromatic heterocycles. The SMILES string of the molecule is CC1(C)OCC([C@H]2O[C@@H]3OC(C)(C)O[C@@H]3[C@H]2O[C@@H]2C=C[C@H](O)[C@@H](COCc3ccccc3)O2)O1. The third-order valence-corrected chi connectivity index (χ3v) is 6.26. The van der Waals surface area contributed by atoms with Gasteiger partial charge in [-0.05, 0) is 39.3 Å². The fourth-order valence-electron chi connectivity index (χ4n) is 4.70. The first-order valence-electron chi connectivity index (χ1n) is 11.8. The normalized spacial score (nSPS) is 40.5. The topological polar surface area (TPSA) is 94.1 Å². The van der Waals surface area contributed by atoms with E-state index in [0.29, 0.717) is 13.2 Å². The van der Waals surface area contributed by atoms with Crippen LogP contribution >= 0.6 is 0 Å². The van der Waals surface area contributed by atoms with Crippen molar-refractivity contribution in [3.05, 3.63) is 48.0 Å². The lowest BCUT2D eigenvalue weighted by molar-refractivity contribution is -0.260. The van der Waals surface area contributed by atoms with Gasteiger partial charge in [0.1, 0.15) is 36.6 Å². The van der Waals surface area contributed by atoms with E-state index in [1.165, 1.54) is 0 Å². The van der Waals surface area contributed by atoms with Crippen molar-refractivity contribution in [1.29, 1.82) is 0 Å². The van der Waals surface area contributed by atoms with Gasteiger partial charge in [-0.25, -0.2) is 0 Å². The van der Waals surface area contributed by atoms with E-state index in [2.05, 4.69) is 0 Å². The van der Waals surface area contributed by atoms with Gasteiger partial charge in [-0.2, -0.15) is 0 Å². The lowest BCUT2D eigenvalue weighted by atomic mass is 10.1. The fraction of sp³-hybridized carbons (Fsp3) is 0.680. The predicted octanol–water partition coefficient (Wildman–Crippen LogP) is 2.26. The maximum absolute atomic E-state index is 10.4. The van der Waals surface area contributed by atoms with Crippen LogP contribution in [0.15, 0.2) is 42.5 Å². The van der Waals surface area contributed by atoms with Crippen LogP contribution in [0.1, 0.15) is 33.3 Å². The molecule has 9 nitrogen and oxygen atoms in total. The molecule has 1 N–H and O–H groups in total. The Hall–Kier alpha value is -1.40. The van der Waals surface area contributed by atoms with Crippen molar-refractivity contribution in [2.45, 2.75) is 95.1 Å². The van der Waals surface area contributed by atoms with E-state index < -0.39 is 54.7 Å². The molecule has 0 saturated carbocycles. The quantitative estimate of drug-likeness (QED) is 0.592. The fourth-order valence-corrected chi connectivity index (χ4v) is 4.70. The summed E-state index contributed by atoms with van der Waals surface area (Å²) in [4.78, 5) is 0. The van der Waals surface area contributed by atoms with E-state index in [4.69, 9.17) is 37.9 Å². The van der Waals surface area contributed by atoms with E-state index in [1.54, 1.807) is 12.2 Å². The van der Waals surface area contributed by atoms with Crippen molar-refractivity contribution in [1.82, 2.24) is 0 Å². The maximum Gasteiger partial charge on any atom is 0.190 e. The van der Waals surface area contributed by atoms with Crippen molar-refractivity contribution < 1.29 is 43.0 Å². The van der Waals surface area contributed by atoms with Gasteiger partial charge in [0.2, 0.25) is 0 Å². The lowest BCUT2D eigenvalue weighted by Crippen LogP contribution is -2.48. The van der Waals surface area contributed by atoms with E-state index in [1.807, 2.05) is 58.0 Å². The molecule has 4 heterocycles. The summed E-state index contributed by atoms with van der Waals surface area (Å²) in [5, 5.41) is 10.4. The van der Waals surface area contributed by atoms with Gasteiger partial charge < -0.3 is 43.0 Å². The van der Waals surface area contributed by atoms with Crippen molar-refractivity contribution in [3.63, 3.8) is 0 Å². The first kappa shape index (κ1) is 24.3. The largest absolute Gasteiger partial charge is 0.386 e. The summed E-state index contributed by atoms with van der Waals surface area (Å²) >= 11 is 0. The molecule has 3 fully saturated rings. The van der Waals surface area contributed by atoms with Gasteiger partial charge in [-0.3, -0.25) is 0 Å². The van der Waals surface area contributed by atoms with E-state index >= 15 is 0 Å². The monoisotopic (exact) mass is 478 g/mol. The third-order valence-electron chi connectivity index (χ3n) is 6.26. The molecule has 0 radical (unpaired) electrons. The number of rotatable bonds is 7. The Bertz CT molecular complexity index is 857. The summed E-state index contributed by atoms with van der Waals surface area (Å²) < 4.78 is 48.2. The lowest BCUT2D eigenvalue weighted by Gasteiger charge is -2.34. The number of benzene rings is 1. The van der Waals surface area contributed by atoms with Crippen molar-refractivity contribution in [2.24, 2.45) is 0 Å². The summed E-state index contributed by atoms with van der Waals surface area (Å²) in [6.45, 7) is 8.43. The van der Waals surface area contributed by atoms with Crippen molar-refractivity contribution >= 4 is 0 Å². The summed E-state index contributed by atoms with van der Waals surface area (Å²) in [6.07, 6.45) is -1.09. The number of aliphatic hydroxyl groups excluding tert-OH is 1. The average molecular weight is 479 g/mol. The molecule has 4 aliphatic rings. The predicted molar refractivity (Wildman–Crippen MR) is 118 cm³/mol. The molecule has 5 rings (SSSR count). The van der Waals surface area contributed by atoms with E-state index in [0.717, 1.165) is 5.56 Å². The molecule has 0 amide bonds. The van der Waals surface area contributed by atoms with Gasteiger partial charge in [0.25, 0.3) is 0 Å². The molecule has 34 heavy (non-hydrogen) atoms. The molecule has 1 aromatic rings. The van der Waals surface area contributed by atoms with Gasteiger partial charge >= 0.3 is 0 Å². The molecule has 0 spiro atoms. The van der Waals surface area contributed by atoms with Crippen LogP contribution in [0.4, 0.5) is 0 Å². The van der Waals surface area contributed by atoms with Gasteiger partial charge in [-0.1, -0.05) is 36.4 Å². The Labute approximate surface area is 199 Å². The average Bonchev–Trinajstić information content (AvgIpc) is 3.40. The molecule has 3 saturated heterocycles. The molecule has 0 aliphatic carbocycles. The van der Waals surface area contributed by atoms with Crippen LogP contribution in [0.25, 0.3) is 0 Å². The summed E-state index contributed by atoms with van der Waals surface area (Å²) in [6, 6.07) is 9.85. The van der Waals surface area contributed by atoms with Crippen LogP contribution in [0.2, 0.25) is 0 Å². The smallest absolute Gasteiger partial charge is 0.190 e. The number of hydrogen-bond donors (Lipinski definition) is 1. The minimum Gasteiger partial charge on any atom is -0.386 e. The van der Waals surface area contributed by atoms with Crippen LogP contribution in [0, 0.1) is 0 Å². The highest BCUT2D eigenvalue weighted by molar-refractivity contribution is 5.13. The molecule has 1 unspecified atom stereocenters. The highest BCUT2D eigenvalue weighted by atomic mass is 16.9. The molecule has 9 heteroatoms. The number of ether oxygens (including phenoxy) is 8. The summed E-state index contributed by atoms with van der Waals surface area (Å²) in [5.74, 6) is -1.49. The first-order chi connectivity index (χ1) is 16.2. The van der Waals surface area contributed by atoms with Gasteiger partial charge in [-0.15, -0.1) is 0 Å². The van der Waals surface area contributed by atoms with Gasteiger partial charge in [0.15, 0.2) is 24.2 Å². The molecule has 1 aromatic carbocycles. The second kappa shape index (κ2) is 9.57. The highest BCUT2D eigenvalue weighted by Crippen LogP contribution is 2.42. The Morgan fingerprint density at radius 2 is 1.74 bits per heavy atom. The highest BCUT2D eigenvalue weighted by Gasteiger charge is 2.59. The molecular formula is C25H34O9. The Kier molecular flexibility index (Phi) is 6.84. The Balaban J connectivity index is 1.23. The van der Waals surface area contributed by atoms with Crippen LogP contribution in [0.3, 0.4) is 0 Å². The second-order valence-corrected chi connectivity index (χ2v) is 9.96. The van der Waals surface area contributed by atoms with Crippen LogP contribution in [-0.4, -0.2) is 79.1 Å². The Morgan fingerprint density at radius 3 is 2.47 bits per heavy atom. The summed E-state index contributed by atoms with van der Waals surface area (Å²) in [5.41, 5.74) is 1.05. The first-order valence-corrected chi connectivity index (χ1v) is 11.8. The molecule has 8 atom stereocenters. The molecule has 188 valence electrons. The van der Waals surface area contributed by atoms with Crippen LogP contribution in [-0.2, 0) is 44.5 Å². The zero-order valence-electron chi connectivity index (χ0n) is 20.0. The zero-order valence-corrected chi connectivity index (χ0v) is 20.0. The van der Waals surface area contributed by atoms with Crippen LogP contribution in [0.5, 0.6) is 0 Å². The van der Waals surface area contributed by atoms with Crippen molar-refractivity contribution in [2.75, 3.05) is 13.2 Å². The van der Waals surface area contributed by atoms with E-state index in [9.17, 15) is 5.11 Å². The van der Waals surface area contributed by atoms with Gasteiger partial charge in [0, 0.05) is 0 Å². The van der Waals surface area contributed by atoms with Crippen molar-refractivity contribution in [3.8, 4) is 0 Å². The van der Waals surface area contributed by atoms with E-state index in [-0.39, 0.29) is 12.7 Å². The van der Waals surface area contributed by atoms with Gasteiger partial charge in [0.05, 0.1) is 19.8 Å². The number of aliphatic hydroxyl groups is 1. The minimum absolute atomic E-state index is 0.220. The molecule has 0 bridgehead atoms. The maximum atomic E-state index is 10.4. The Morgan fingerprint density at radius 1 is 0.941 bits per heavy atom. The zero-order chi connectivity index (χ0) is 23.9. The summed E-state index contributed by atoms with van der Waals surface area (Å²) in [7, 11) is 0. The number of hydrogen-bond acceptors (Lipinski definition) is 9. The second-order valence-electron chi connectivity index (χ2n) is 9.96.